The van der Waals surface area contributed by atoms with Crippen LogP contribution in [-0.4, -0.2) is 41.9 Å². The van der Waals surface area contributed by atoms with E-state index in [1.807, 2.05) is 30.3 Å². The fourth-order valence-corrected chi connectivity index (χ4v) is 2.99. The summed E-state index contributed by atoms with van der Waals surface area (Å²) in [5.41, 5.74) is 0.931. The van der Waals surface area contributed by atoms with Crippen LogP contribution < -0.4 is 10.6 Å². The number of hydrogen-bond acceptors (Lipinski definition) is 6. The minimum atomic E-state index is -1.16. The average molecular weight is 413 g/mol. The van der Waals surface area contributed by atoms with Gasteiger partial charge in [0.1, 0.15) is 12.1 Å². The van der Waals surface area contributed by atoms with Crippen LogP contribution in [0.3, 0.4) is 0 Å². The molecular formula is C21H23N3O6. The van der Waals surface area contributed by atoms with E-state index in [1.54, 1.807) is 6.07 Å². The number of rotatable bonds is 9. The smallest absolute Gasteiger partial charge is 0.328 e. The Morgan fingerprint density at radius 2 is 1.60 bits per heavy atom. The second-order valence-corrected chi connectivity index (χ2v) is 6.62. The quantitative estimate of drug-likeness (QED) is 0.365. The SMILES string of the molecule is COC(=O)[C@@H](Cc1ccccc1[N+](=O)[O-])NC(=O)[C@@H](Cc1ccccc1)NC(C)=O. The number of nitrogens with one attached hydrogen (secondary N) is 2. The van der Waals surface area contributed by atoms with E-state index < -0.39 is 34.8 Å². The molecule has 2 rings (SSSR count). The highest BCUT2D eigenvalue weighted by Crippen LogP contribution is 2.19. The minimum Gasteiger partial charge on any atom is -0.467 e. The summed E-state index contributed by atoms with van der Waals surface area (Å²) < 4.78 is 4.75. The van der Waals surface area contributed by atoms with Gasteiger partial charge in [-0.15, -0.1) is 0 Å². The molecule has 2 atom stereocenters. The second kappa shape index (κ2) is 10.7. The third-order valence-electron chi connectivity index (χ3n) is 4.39. The predicted molar refractivity (Wildman–Crippen MR) is 108 cm³/mol. The van der Waals surface area contributed by atoms with Crippen LogP contribution in [0.1, 0.15) is 18.1 Å². The van der Waals surface area contributed by atoms with Gasteiger partial charge in [0.25, 0.3) is 5.69 Å². The Labute approximate surface area is 173 Å². The number of ether oxygens (including phenoxy) is 1. The number of benzene rings is 2. The highest BCUT2D eigenvalue weighted by atomic mass is 16.6. The largest absolute Gasteiger partial charge is 0.467 e. The molecule has 30 heavy (non-hydrogen) atoms. The van der Waals surface area contributed by atoms with Gasteiger partial charge in [-0.25, -0.2) is 4.79 Å². The van der Waals surface area contributed by atoms with Crippen molar-refractivity contribution in [3.8, 4) is 0 Å². The lowest BCUT2D eigenvalue weighted by Crippen LogP contribution is -2.53. The van der Waals surface area contributed by atoms with Gasteiger partial charge in [-0.2, -0.15) is 0 Å². The zero-order chi connectivity index (χ0) is 22.1. The van der Waals surface area contributed by atoms with Crippen molar-refractivity contribution in [2.45, 2.75) is 31.8 Å². The van der Waals surface area contributed by atoms with E-state index in [2.05, 4.69) is 10.6 Å². The Kier molecular flexibility index (Phi) is 8.04. The Morgan fingerprint density at radius 1 is 0.967 bits per heavy atom. The van der Waals surface area contributed by atoms with Gasteiger partial charge in [-0.3, -0.25) is 19.7 Å². The van der Waals surface area contributed by atoms with Crippen LogP contribution in [0.25, 0.3) is 0 Å². The van der Waals surface area contributed by atoms with E-state index in [0.29, 0.717) is 0 Å². The summed E-state index contributed by atoms with van der Waals surface area (Å²) >= 11 is 0. The van der Waals surface area contributed by atoms with E-state index in [-0.39, 0.29) is 24.1 Å². The molecule has 9 heteroatoms. The molecular weight excluding hydrogens is 390 g/mol. The molecule has 0 aliphatic rings. The first kappa shape index (κ1) is 22.5. The monoisotopic (exact) mass is 413 g/mol. The van der Waals surface area contributed by atoms with Crippen LogP contribution in [-0.2, 0) is 32.0 Å². The maximum atomic E-state index is 12.9. The van der Waals surface area contributed by atoms with E-state index in [0.717, 1.165) is 12.7 Å². The third kappa shape index (κ3) is 6.40. The number of amides is 2. The predicted octanol–water partition coefficient (Wildman–Crippen LogP) is 1.54. The molecule has 0 unspecified atom stereocenters. The van der Waals surface area contributed by atoms with Crippen molar-refractivity contribution >= 4 is 23.5 Å². The number of hydrogen-bond donors (Lipinski definition) is 2. The lowest BCUT2D eigenvalue weighted by molar-refractivity contribution is -0.385. The molecule has 2 N–H and O–H groups in total. The molecule has 0 aliphatic heterocycles. The number of nitrogens with zero attached hydrogens (tertiary/aromatic N) is 1. The Hall–Kier alpha value is -3.75. The van der Waals surface area contributed by atoms with Gasteiger partial charge in [0.2, 0.25) is 11.8 Å². The molecule has 0 fully saturated rings. The van der Waals surface area contributed by atoms with Crippen LogP contribution in [0.4, 0.5) is 5.69 Å². The van der Waals surface area contributed by atoms with Crippen molar-refractivity contribution < 1.29 is 24.0 Å². The van der Waals surface area contributed by atoms with Crippen molar-refractivity contribution in [1.29, 1.82) is 0 Å². The Morgan fingerprint density at radius 3 is 2.20 bits per heavy atom. The molecule has 0 aromatic heterocycles. The van der Waals surface area contributed by atoms with Gasteiger partial charge >= 0.3 is 5.97 Å². The molecule has 0 spiro atoms. The van der Waals surface area contributed by atoms with Gasteiger partial charge in [-0.05, 0) is 5.56 Å². The maximum Gasteiger partial charge on any atom is 0.328 e. The zero-order valence-corrected chi connectivity index (χ0v) is 16.7. The van der Waals surface area contributed by atoms with Crippen molar-refractivity contribution in [2.75, 3.05) is 7.11 Å². The normalized spacial score (nSPS) is 12.3. The molecule has 2 aromatic carbocycles. The number of carbonyl (C=O) groups is 3. The first-order valence-electron chi connectivity index (χ1n) is 9.23. The molecule has 2 aromatic rings. The second-order valence-electron chi connectivity index (χ2n) is 6.62. The summed E-state index contributed by atoms with van der Waals surface area (Å²) in [7, 11) is 1.16. The first-order valence-corrected chi connectivity index (χ1v) is 9.23. The van der Waals surface area contributed by atoms with Crippen LogP contribution in [0.2, 0.25) is 0 Å². The number of methoxy groups -OCH3 is 1. The van der Waals surface area contributed by atoms with Gasteiger partial charge in [0.05, 0.1) is 12.0 Å². The highest BCUT2D eigenvalue weighted by molar-refractivity contribution is 5.90. The van der Waals surface area contributed by atoms with Crippen molar-refractivity contribution in [1.82, 2.24) is 10.6 Å². The van der Waals surface area contributed by atoms with Crippen molar-refractivity contribution in [3.05, 3.63) is 75.8 Å². The molecule has 0 radical (unpaired) electrons. The van der Waals surface area contributed by atoms with Crippen molar-refractivity contribution in [2.24, 2.45) is 0 Å². The fraction of sp³-hybridized carbons (Fsp3) is 0.286. The van der Waals surface area contributed by atoms with Crippen LogP contribution in [0, 0.1) is 10.1 Å². The molecule has 0 bridgehead atoms. The summed E-state index contributed by atoms with van der Waals surface area (Å²) in [5.74, 6) is -1.75. The minimum absolute atomic E-state index is 0.131. The van der Waals surface area contributed by atoms with Crippen LogP contribution >= 0.6 is 0 Å². The number of esters is 1. The molecule has 2 amide bonds. The lowest BCUT2D eigenvalue weighted by Gasteiger charge is -2.22. The Balaban J connectivity index is 2.22. The Bertz CT molecular complexity index is 916. The van der Waals surface area contributed by atoms with E-state index in [4.69, 9.17) is 4.74 Å². The average Bonchev–Trinajstić information content (AvgIpc) is 2.72. The lowest BCUT2D eigenvalue weighted by atomic mass is 10.0. The molecule has 0 aliphatic carbocycles. The summed E-state index contributed by atoms with van der Waals surface area (Å²) in [6, 6.07) is 12.9. The molecule has 0 saturated carbocycles. The molecule has 0 saturated heterocycles. The number of nitro groups is 1. The molecule has 158 valence electrons. The fourth-order valence-electron chi connectivity index (χ4n) is 2.99. The third-order valence-corrected chi connectivity index (χ3v) is 4.39. The van der Waals surface area contributed by atoms with Crippen LogP contribution in [0.5, 0.6) is 0 Å². The van der Waals surface area contributed by atoms with Gasteiger partial charge in [-0.1, -0.05) is 48.5 Å². The number of carbonyl (C=O) groups excluding carboxylic acids is 3. The standard InChI is InChI=1S/C21H23N3O6/c1-14(25)22-17(12-15-8-4-3-5-9-15)20(26)23-18(21(27)30-2)13-16-10-6-7-11-19(16)24(28)29/h3-11,17-18H,12-13H2,1-2H3,(H,22,25)(H,23,26)/t17-,18-/m1/s1. The van der Waals surface area contributed by atoms with Gasteiger partial charge in [0.15, 0.2) is 0 Å². The number of para-hydroxylation sites is 1. The van der Waals surface area contributed by atoms with E-state index in [1.165, 1.54) is 25.1 Å². The first-order chi connectivity index (χ1) is 14.3. The zero-order valence-electron chi connectivity index (χ0n) is 16.7. The van der Waals surface area contributed by atoms with Gasteiger partial charge < -0.3 is 15.4 Å². The van der Waals surface area contributed by atoms with Gasteiger partial charge in [0, 0.05) is 31.4 Å². The van der Waals surface area contributed by atoms with E-state index >= 15 is 0 Å². The maximum absolute atomic E-state index is 12.9. The van der Waals surface area contributed by atoms with Crippen molar-refractivity contribution in [3.63, 3.8) is 0 Å². The molecule has 0 heterocycles. The van der Waals surface area contributed by atoms with Crippen LogP contribution in [0.15, 0.2) is 54.6 Å². The summed E-state index contributed by atoms with van der Waals surface area (Å²) in [4.78, 5) is 47.4. The number of nitro benzene ring substituents is 1. The summed E-state index contributed by atoms with van der Waals surface area (Å²) in [6.45, 7) is 1.29. The highest BCUT2D eigenvalue weighted by Gasteiger charge is 2.29. The van der Waals surface area contributed by atoms with E-state index in [9.17, 15) is 24.5 Å². The molecule has 9 nitrogen and oxygen atoms in total. The summed E-state index contributed by atoms with van der Waals surface area (Å²) in [5, 5.41) is 16.4. The topological polar surface area (TPSA) is 128 Å². The summed E-state index contributed by atoms with van der Waals surface area (Å²) in [6.07, 6.45) is 0.0827.